The number of rotatable bonds is 7. The molecule has 0 saturated heterocycles. The highest BCUT2D eigenvalue weighted by molar-refractivity contribution is 5.42. The van der Waals surface area contributed by atoms with E-state index in [0.717, 1.165) is 18.7 Å². The first-order chi connectivity index (χ1) is 9.50. The number of phenols is 1. The molecule has 0 aromatic heterocycles. The van der Waals surface area contributed by atoms with Crippen molar-refractivity contribution >= 4 is 0 Å². The van der Waals surface area contributed by atoms with Crippen LogP contribution in [0.1, 0.15) is 33.3 Å². The van der Waals surface area contributed by atoms with E-state index in [1.807, 2.05) is 26.0 Å². The second-order valence-corrected chi connectivity index (χ2v) is 4.97. The Morgan fingerprint density at radius 1 is 1.30 bits per heavy atom. The molecular formula is C16H24N2O2. The molecule has 1 atom stereocenters. The average Bonchev–Trinajstić information content (AvgIpc) is 2.44. The van der Waals surface area contributed by atoms with E-state index in [-0.39, 0.29) is 5.75 Å². The zero-order chi connectivity index (χ0) is 15.2. The molecule has 110 valence electrons. The van der Waals surface area contributed by atoms with Gasteiger partial charge < -0.3 is 9.84 Å². The maximum atomic E-state index is 9.72. The van der Waals surface area contributed by atoms with E-state index >= 15 is 0 Å². The number of ether oxygens (including phenoxy) is 1. The molecule has 1 unspecified atom stereocenters. The van der Waals surface area contributed by atoms with Crippen LogP contribution in [-0.2, 0) is 6.42 Å². The fraction of sp³-hybridized carbons (Fsp3) is 0.562. The first-order valence-corrected chi connectivity index (χ1v) is 7.11. The van der Waals surface area contributed by atoms with Crippen molar-refractivity contribution in [2.45, 2.75) is 39.7 Å². The Hall–Kier alpha value is -1.73. The molecule has 20 heavy (non-hydrogen) atoms. The summed E-state index contributed by atoms with van der Waals surface area (Å²) in [4.78, 5) is 2.14. The highest BCUT2D eigenvalue weighted by Crippen LogP contribution is 2.29. The Labute approximate surface area is 121 Å². The van der Waals surface area contributed by atoms with Gasteiger partial charge in [0.05, 0.1) is 12.7 Å². The summed E-state index contributed by atoms with van der Waals surface area (Å²) in [7, 11) is 0. The van der Waals surface area contributed by atoms with E-state index in [1.165, 1.54) is 0 Å². The standard InChI is InChI=1S/C16H24N2O2/c1-5-18(6-2)16(4,12-17)11-13-8-9-14(19)15(10-13)20-7-3/h8-10,19H,5-7,11H2,1-4H3. The van der Waals surface area contributed by atoms with Gasteiger partial charge in [-0.3, -0.25) is 4.90 Å². The topological polar surface area (TPSA) is 56.5 Å². The first-order valence-electron chi connectivity index (χ1n) is 7.11. The van der Waals surface area contributed by atoms with Gasteiger partial charge in [-0.25, -0.2) is 0 Å². The number of nitrogens with zero attached hydrogens (tertiary/aromatic N) is 2. The molecule has 0 aliphatic heterocycles. The van der Waals surface area contributed by atoms with Crippen molar-refractivity contribution in [1.29, 1.82) is 5.26 Å². The molecule has 0 saturated carbocycles. The van der Waals surface area contributed by atoms with Crippen molar-refractivity contribution in [2.24, 2.45) is 0 Å². The molecule has 0 amide bonds. The molecule has 1 rings (SSSR count). The van der Waals surface area contributed by atoms with Crippen LogP contribution in [0, 0.1) is 11.3 Å². The van der Waals surface area contributed by atoms with Crippen molar-refractivity contribution in [3.8, 4) is 17.6 Å². The quantitative estimate of drug-likeness (QED) is 0.832. The van der Waals surface area contributed by atoms with Crippen LogP contribution in [0.15, 0.2) is 18.2 Å². The molecule has 0 spiro atoms. The summed E-state index contributed by atoms with van der Waals surface area (Å²) in [5.74, 6) is 0.613. The van der Waals surface area contributed by atoms with Gasteiger partial charge in [-0.05, 0) is 44.6 Å². The van der Waals surface area contributed by atoms with Crippen LogP contribution in [0.2, 0.25) is 0 Å². The van der Waals surface area contributed by atoms with Gasteiger partial charge in [0.15, 0.2) is 11.5 Å². The molecule has 0 aliphatic carbocycles. The summed E-state index contributed by atoms with van der Waals surface area (Å²) in [6, 6.07) is 7.70. The molecule has 0 radical (unpaired) electrons. The third kappa shape index (κ3) is 3.64. The highest BCUT2D eigenvalue weighted by Gasteiger charge is 2.30. The van der Waals surface area contributed by atoms with Gasteiger partial charge in [0.25, 0.3) is 0 Å². The molecule has 0 bridgehead atoms. The SMILES string of the molecule is CCOc1cc(CC(C)(C#N)N(CC)CC)ccc1O. The van der Waals surface area contributed by atoms with E-state index in [4.69, 9.17) is 4.74 Å². The van der Waals surface area contributed by atoms with Gasteiger partial charge in [-0.1, -0.05) is 19.9 Å². The van der Waals surface area contributed by atoms with Crippen LogP contribution in [0.25, 0.3) is 0 Å². The lowest BCUT2D eigenvalue weighted by Crippen LogP contribution is -2.46. The van der Waals surface area contributed by atoms with Gasteiger partial charge >= 0.3 is 0 Å². The Bertz CT molecular complexity index is 478. The monoisotopic (exact) mass is 276 g/mol. The molecule has 0 heterocycles. The second kappa shape index (κ2) is 7.16. The summed E-state index contributed by atoms with van der Waals surface area (Å²) in [6.07, 6.45) is 0.603. The fourth-order valence-corrected chi connectivity index (χ4v) is 2.48. The molecular weight excluding hydrogens is 252 g/mol. The number of phenolic OH excluding ortho intramolecular Hbond substituents is 1. The molecule has 1 aromatic rings. The van der Waals surface area contributed by atoms with E-state index < -0.39 is 5.54 Å². The van der Waals surface area contributed by atoms with Gasteiger partial charge in [0.1, 0.15) is 5.54 Å². The summed E-state index contributed by atoms with van der Waals surface area (Å²) < 4.78 is 5.39. The number of aromatic hydroxyl groups is 1. The molecule has 1 N–H and O–H groups in total. The summed E-state index contributed by atoms with van der Waals surface area (Å²) in [5.41, 5.74) is 0.437. The number of nitriles is 1. The Kier molecular flexibility index (Phi) is 5.84. The van der Waals surface area contributed by atoms with E-state index in [9.17, 15) is 10.4 Å². The second-order valence-electron chi connectivity index (χ2n) is 4.97. The van der Waals surface area contributed by atoms with Crippen LogP contribution < -0.4 is 4.74 Å². The van der Waals surface area contributed by atoms with Gasteiger partial charge in [0, 0.05) is 6.42 Å². The largest absolute Gasteiger partial charge is 0.504 e. The van der Waals surface area contributed by atoms with Gasteiger partial charge in [-0.15, -0.1) is 0 Å². The maximum Gasteiger partial charge on any atom is 0.161 e. The first kappa shape index (κ1) is 16.3. The summed E-state index contributed by atoms with van der Waals surface area (Å²) in [6.45, 7) is 10.1. The van der Waals surface area contributed by atoms with Gasteiger partial charge in [0.2, 0.25) is 0 Å². The molecule has 4 heteroatoms. The Balaban J connectivity index is 3.01. The smallest absolute Gasteiger partial charge is 0.161 e. The number of hydrogen-bond donors (Lipinski definition) is 1. The lowest BCUT2D eigenvalue weighted by atomic mass is 9.92. The van der Waals surface area contributed by atoms with Crippen molar-refractivity contribution in [3.05, 3.63) is 23.8 Å². The predicted molar refractivity (Wildman–Crippen MR) is 79.9 cm³/mol. The van der Waals surface area contributed by atoms with Gasteiger partial charge in [-0.2, -0.15) is 5.26 Å². The molecule has 4 nitrogen and oxygen atoms in total. The lowest BCUT2D eigenvalue weighted by Gasteiger charge is -2.34. The molecule has 0 fully saturated rings. The van der Waals surface area contributed by atoms with Crippen LogP contribution in [0.3, 0.4) is 0 Å². The lowest BCUT2D eigenvalue weighted by molar-refractivity contribution is 0.169. The van der Waals surface area contributed by atoms with Crippen LogP contribution in [0.5, 0.6) is 11.5 Å². The Morgan fingerprint density at radius 3 is 2.45 bits per heavy atom. The maximum absolute atomic E-state index is 9.72. The minimum absolute atomic E-state index is 0.136. The third-order valence-corrected chi connectivity index (χ3v) is 3.57. The predicted octanol–water partition coefficient (Wildman–Crippen LogP) is 2.96. The van der Waals surface area contributed by atoms with E-state index in [0.29, 0.717) is 18.8 Å². The average molecular weight is 276 g/mol. The minimum Gasteiger partial charge on any atom is -0.504 e. The fourth-order valence-electron chi connectivity index (χ4n) is 2.48. The number of hydrogen-bond acceptors (Lipinski definition) is 4. The van der Waals surface area contributed by atoms with Crippen molar-refractivity contribution in [1.82, 2.24) is 4.90 Å². The van der Waals surface area contributed by atoms with Crippen molar-refractivity contribution in [2.75, 3.05) is 19.7 Å². The molecule has 0 aliphatic rings. The van der Waals surface area contributed by atoms with Crippen LogP contribution in [-0.4, -0.2) is 35.2 Å². The summed E-state index contributed by atoms with van der Waals surface area (Å²) >= 11 is 0. The third-order valence-electron chi connectivity index (χ3n) is 3.57. The molecule has 1 aromatic carbocycles. The minimum atomic E-state index is -0.552. The Morgan fingerprint density at radius 2 is 1.95 bits per heavy atom. The zero-order valence-electron chi connectivity index (χ0n) is 12.8. The van der Waals surface area contributed by atoms with Crippen molar-refractivity contribution < 1.29 is 9.84 Å². The summed E-state index contributed by atoms with van der Waals surface area (Å²) in [5, 5.41) is 19.3. The zero-order valence-corrected chi connectivity index (χ0v) is 12.8. The van der Waals surface area contributed by atoms with E-state index in [2.05, 4.69) is 24.8 Å². The van der Waals surface area contributed by atoms with E-state index in [1.54, 1.807) is 6.07 Å². The van der Waals surface area contributed by atoms with Crippen LogP contribution in [0.4, 0.5) is 0 Å². The van der Waals surface area contributed by atoms with Crippen molar-refractivity contribution in [3.63, 3.8) is 0 Å². The van der Waals surface area contributed by atoms with Crippen LogP contribution >= 0.6 is 0 Å². The highest BCUT2D eigenvalue weighted by atomic mass is 16.5. The number of benzene rings is 1. The normalized spacial score (nSPS) is 13.8. The number of likely N-dealkylation sites (N-methyl/N-ethyl adjacent to an activating group) is 1.